The van der Waals surface area contributed by atoms with Crippen molar-refractivity contribution in [2.75, 3.05) is 20.3 Å². The molecule has 0 aliphatic rings. The average Bonchev–Trinajstić information content (AvgIpc) is 3.29. The molecular formula is C17H17N3O4S2. The fourth-order valence-electron chi connectivity index (χ4n) is 2.16. The molecule has 3 N–H and O–H groups in total. The zero-order valence-corrected chi connectivity index (χ0v) is 15.5. The lowest BCUT2D eigenvalue weighted by Gasteiger charge is -2.04. The number of rotatable bonds is 6. The Balaban J connectivity index is 2.04. The highest BCUT2D eigenvalue weighted by Crippen LogP contribution is 2.36. The highest BCUT2D eigenvalue weighted by molar-refractivity contribution is 7.14. The Morgan fingerprint density at radius 3 is 2.73 bits per heavy atom. The topological polar surface area (TPSA) is 99.6 Å². The third kappa shape index (κ3) is 3.79. The van der Waals surface area contributed by atoms with Crippen LogP contribution in [0.4, 0.5) is 0 Å². The summed E-state index contributed by atoms with van der Waals surface area (Å²) in [6.07, 6.45) is 1.41. The first kappa shape index (κ1) is 18.2. The number of phenolic OH excluding ortho intramolecular Hbond substituents is 3. The Bertz CT molecular complexity index is 975. The number of nitrogens with zero attached hydrogens (tertiary/aromatic N) is 3. The van der Waals surface area contributed by atoms with Gasteiger partial charge in [-0.1, -0.05) is 6.07 Å². The normalized spacial score (nSPS) is 12.3. The molecule has 0 saturated heterocycles. The number of methoxy groups -OCH3 is 1. The Morgan fingerprint density at radius 2 is 2.00 bits per heavy atom. The molecule has 2 aromatic heterocycles. The Hall–Kier alpha value is -2.62. The van der Waals surface area contributed by atoms with Gasteiger partial charge in [-0.3, -0.25) is 4.99 Å². The molecule has 2 heterocycles. The number of phenols is 3. The fraction of sp³-hybridized carbons (Fsp3) is 0.176. The minimum atomic E-state index is -0.576. The number of aromatic nitrogens is 1. The van der Waals surface area contributed by atoms with E-state index in [0.717, 1.165) is 10.6 Å². The molecular weight excluding hydrogens is 374 g/mol. The molecule has 0 bridgehead atoms. The number of thiazole rings is 1. The predicted octanol–water partition coefficient (Wildman–Crippen LogP) is 2.82. The Morgan fingerprint density at radius 1 is 1.15 bits per heavy atom. The highest BCUT2D eigenvalue weighted by Gasteiger charge is 2.11. The maximum atomic E-state index is 9.96. The van der Waals surface area contributed by atoms with Gasteiger partial charge in [0.1, 0.15) is 0 Å². The molecule has 0 saturated carbocycles. The molecule has 7 nitrogen and oxygen atoms in total. The standard InChI is InChI=1S/C17H17N3O4S2/c1-24-7-6-18-17-20(12(10-26-17)14-3-2-8-25-14)19-9-11-4-5-13(21)16(23)15(11)22/h2-5,8-10,21-23H,6-7H2,1H3. The molecule has 26 heavy (non-hydrogen) atoms. The molecule has 0 aliphatic carbocycles. The number of hydrogen-bond donors (Lipinski definition) is 3. The van der Waals surface area contributed by atoms with Crippen molar-refractivity contribution in [1.29, 1.82) is 0 Å². The van der Waals surface area contributed by atoms with Gasteiger partial charge in [0.15, 0.2) is 11.5 Å². The zero-order valence-electron chi connectivity index (χ0n) is 13.9. The summed E-state index contributed by atoms with van der Waals surface area (Å²) in [5.41, 5.74) is 1.15. The van der Waals surface area contributed by atoms with E-state index in [1.807, 2.05) is 22.9 Å². The molecule has 0 atom stereocenters. The fourth-order valence-corrected chi connectivity index (χ4v) is 3.81. The maximum absolute atomic E-state index is 9.96. The lowest BCUT2D eigenvalue weighted by Crippen LogP contribution is -2.13. The lowest BCUT2D eigenvalue weighted by atomic mass is 10.2. The van der Waals surface area contributed by atoms with Crippen LogP contribution in [0.5, 0.6) is 17.2 Å². The van der Waals surface area contributed by atoms with E-state index in [4.69, 9.17) is 4.74 Å². The van der Waals surface area contributed by atoms with Gasteiger partial charge in [-0.25, -0.2) is 4.68 Å². The summed E-state index contributed by atoms with van der Waals surface area (Å²) in [6.45, 7) is 1.00. The van der Waals surface area contributed by atoms with Crippen LogP contribution in [0.2, 0.25) is 0 Å². The van der Waals surface area contributed by atoms with Crippen LogP contribution in [0.1, 0.15) is 5.56 Å². The largest absolute Gasteiger partial charge is 0.504 e. The van der Waals surface area contributed by atoms with Crippen LogP contribution in [0.15, 0.2) is 45.1 Å². The van der Waals surface area contributed by atoms with Gasteiger partial charge in [0.25, 0.3) is 0 Å². The summed E-state index contributed by atoms with van der Waals surface area (Å²) >= 11 is 3.04. The van der Waals surface area contributed by atoms with E-state index in [1.165, 1.54) is 29.7 Å². The van der Waals surface area contributed by atoms with Crippen molar-refractivity contribution >= 4 is 28.9 Å². The minimum absolute atomic E-state index is 0.277. The van der Waals surface area contributed by atoms with Crippen LogP contribution in [-0.2, 0) is 4.74 Å². The Kier molecular flexibility index (Phi) is 5.71. The number of aromatic hydroxyl groups is 3. The van der Waals surface area contributed by atoms with Crippen molar-refractivity contribution in [3.8, 4) is 27.8 Å². The second kappa shape index (κ2) is 8.17. The van der Waals surface area contributed by atoms with Crippen molar-refractivity contribution in [3.05, 3.63) is 45.4 Å². The number of ether oxygens (including phenoxy) is 1. The summed E-state index contributed by atoms with van der Waals surface area (Å²) in [5, 5.41) is 37.4. The molecule has 0 fully saturated rings. The van der Waals surface area contributed by atoms with Gasteiger partial charge in [-0.05, 0) is 23.6 Å². The van der Waals surface area contributed by atoms with Gasteiger partial charge in [0.2, 0.25) is 10.6 Å². The van der Waals surface area contributed by atoms with Crippen LogP contribution in [0, 0.1) is 0 Å². The monoisotopic (exact) mass is 391 g/mol. The molecule has 9 heteroatoms. The summed E-state index contributed by atoms with van der Waals surface area (Å²) in [4.78, 5) is 6.20. The highest BCUT2D eigenvalue weighted by atomic mass is 32.1. The smallest absolute Gasteiger partial charge is 0.206 e. The number of benzene rings is 1. The third-order valence-electron chi connectivity index (χ3n) is 3.47. The summed E-state index contributed by atoms with van der Waals surface area (Å²) in [6, 6.07) is 6.70. The third-order valence-corrected chi connectivity index (χ3v) is 5.22. The molecule has 1 aromatic carbocycles. The van der Waals surface area contributed by atoms with Crippen molar-refractivity contribution in [1.82, 2.24) is 4.68 Å². The van der Waals surface area contributed by atoms with Crippen molar-refractivity contribution < 1.29 is 20.1 Å². The summed E-state index contributed by atoms with van der Waals surface area (Å²) in [7, 11) is 1.62. The molecule has 0 radical (unpaired) electrons. The first-order chi connectivity index (χ1) is 12.6. The molecule has 0 unspecified atom stereocenters. The van der Waals surface area contributed by atoms with Gasteiger partial charge < -0.3 is 20.1 Å². The summed E-state index contributed by atoms with van der Waals surface area (Å²) < 4.78 is 6.71. The lowest BCUT2D eigenvalue weighted by molar-refractivity contribution is 0.207. The van der Waals surface area contributed by atoms with E-state index < -0.39 is 17.2 Å². The van der Waals surface area contributed by atoms with E-state index in [2.05, 4.69) is 10.1 Å². The molecule has 3 rings (SSSR count). The van der Waals surface area contributed by atoms with E-state index in [9.17, 15) is 15.3 Å². The predicted molar refractivity (Wildman–Crippen MR) is 102 cm³/mol. The van der Waals surface area contributed by atoms with E-state index in [0.29, 0.717) is 18.0 Å². The second-order valence-electron chi connectivity index (χ2n) is 5.18. The van der Waals surface area contributed by atoms with Crippen LogP contribution in [0.25, 0.3) is 10.6 Å². The van der Waals surface area contributed by atoms with Gasteiger partial charge in [-0.2, -0.15) is 5.10 Å². The van der Waals surface area contributed by atoms with Crippen LogP contribution in [-0.4, -0.2) is 46.5 Å². The first-order valence-corrected chi connectivity index (χ1v) is 9.40. The molecule has 0 amide bonds. The molecule has 136 valence electrons. The van der Waals surface area contributed by atoms with Crippen LogP contribution >= 0.6 is 22.7 Å². The van der Waals surface area contributed by atoms with E-state index in [-0.39, 0.29) is 5.56 Å². The maximum Gasteiger partial charge on any atom is 0.206 e. The van der Waals surface area contributed by atoms with Gasteiger partial charge in [0.05, 0.1) is 29.9 Å². The minimum Gasteiger partial charge on any atom is -0.504 e. The first-order valence-electron chi connectivity index (χ1n) is 7.64. The quantitative estimate of drug-likeness (QED) is 0.342. The summed E-state index contributed by atoms with van der Waals surface area (Å²) in [5.74, 6) is -1.40. The van der Waals surface area contributed by atoms with Crippen LogP contribution in [0.3, 0.4) is 0 Å². The van der Waals surface area contributed by atoms with Gasteiger partial charge in [-0.15, -0.1) is 22.7 Å². The zero-order chi connectivity index (χ0) is 18.5. The average molecular weight is 391 g/mol. The number of hydrogen-bond acceptors (Lipinski definition) is 8. The van der Waals surface area contributed by atoms with Gasteiger partial charge >= 0.3 is 0 Å². The number of thiophene rings is 1. The SMILES string of the molecule is COCCN=c1scc(-c2cccs2)n1N=Cc1ccc(O)c(O)c1O. The second-order valence-corrected chi connectivity index (χ2v) is 6.97. The van der Waals surface area contributed by atoms with Crippen LogP contribution < -0.4 is 4.80 Å². The van der Waals surface area contributed by atoms with Gasteiger partial charge in [0, 0.05) is 18.1 Å². The Labute approximate surface area is 157 Å². The van der Waals surface area contributed by atoms with Crippen molar-refractivity contribution in [2.45, 2.75) is 0 Å². The molecule has 0 aliphatic heterocycles. The van der Waals surface area contributed by atoms with E-state index in [1.54, 1.807) is 23.1 Å². The van der Waals surface area contributed by atoms with E-state index >= 15 is 0 Å². The van der Waals surface area contributed by atoms with Crippen molar-refractivity contribution in [3.63, 3.8) is 0 Å². The van der Waals surface area contributed by atoms with Crippen molar-refractivity contribution in [2.24, 2.45) is 10.1 Å². The molecule has 3 aromatic rings. The molecule has 0 spiro atoms.